The maximum absolute atomic E-state index is 12.7. The lowest BCUT2D eigenvalue weighted by Crippen LogP contribution is -2.11. The highest BCUT2D eigenvalue weighted by atomic mass is 32.2. The molecule has 5 heteroatoms. The lowest BCUT2D eigenvalue weighted by molar-refractivity contribution is -0.130. The average Bonchev–Trinajstić information content (AvgIpc) is 2.86. The molecule has 0 heterocycles. The van der Waals surface area contributed by atoms with Gasteiger partial charge in [-0.1, -0.05) is 49.0 Å². The van der Waals surface area contributed by atoms with Crippen LogP contribution < -0.4 is 9.47 Å². The van der Waals surface area contributed by atoms with E-state index in [2.05, 4.69) is 30.8 Å². The van der Waals surface area contributed by atoms with E-state index in [1.807, 2.05) is 48.5 Å². The second-order valence-electron chi connectivity index (χ2n) is 7.49. The van der Waals surface area contributed by atoms with Crippen molar-refractivity contribution in [1.82, 2.24) is 0 Å². The molecule has 4 aromatic carbocycles. The molecule has 0 saturated heterocycles. The summed E-state index contributed by atoms with van der Waals surface area (Å²) >= 11 is 0. The van der Waals surface area contributed by atoms with E-state index in [4.69, 9.17) is 9.47 Å². The molecule has 0 aromatic heterocycles. The molecule has 4 aromatic rings. The van der Waals surface area contributed by atoms with Crippen LogP contribution in [0.1, 0.15) is 17.3 Å². The zero-order valence-corrected chi connectivity index (χ0v) is 19.5. The van der Waals surface area contributed by atoms with Gasteiger partial charge in [-0.3, -0.25) is 0 Å². The number of hydrogen-bond donors (Lipinski definition) is 0. The van der Waals surface area contributed by atoms with E-state index in [1.54, 1.807) is 37.3 Å². The van der Waals surface area contributed by atoms with Gasteiger partial charge < -0.3 is 9.47 Å². The highest BCUT2D eigenvalue weighted by Gasteiger charge is 2.28. The third-order valence-electron chi connectivity index (χ3n) is 4.86. The number of ether oxygens (including phenoxy) is 2. The van der Waals surface area contributed by atoms with Crippen molar-refractivity contribution in [2.45, 2.75) is 21.6 Å². The molecule has 0 saturated carbocycles. The molecular formula is C29H23O4S+. The summed E-state index contributed by atoms with van der Waals surface area (Å²) in [5, 5.41) is 0. The van der Waals surface area contributed by atoms with Crippen molar-refractivity contribution in [2.75, 3.05) is 0 Å². The molecule has 0 aliphatic rings. The predicted octanol–water partition coefficient (Wildman–Crippen LogP) is 6.48. The summed E-state index contributed by atoms with van der Waals surface area (Å²) in [6.07, 6.45) is 0. The van der Waals surface area contributed by atoms with Gasteiger partial charge in [-0.05, 0) is 73.7 Å². The van der Waals surface area contributed by atoms with E-state index in [0.717, 1.165) is 4.90 Å². The molecular weight excluding hydrogens is 444 g/mol. The highest BCUT2D eigenvalue weighted by Crippen LogP contribution is 2.32. The Bertz CT molecular complexity index is 1260. The smallest absolute Gasteiger partial charge is 0.343 e. The van der Waals surface area contributed by atoms with E-state index in [-0.39, 0.29) is 27.8 Å². The Morgan fingerprint density at radius 3 is 1.76 bits per heavy atom. The van der Waals surface area contributed by atoms with Crippen molar-refractivity contribution in [3.8, 4) is 11.5 Å². The number of hydrogen-bond acceptors (Lipinski definition) is 4. The zero-order valence-electron chi connectivity index (χ0n) is 18.6. The summed E-state index contributed by atoms with van der Waals surface area (Å²) in [6, 6.07) is 34.5. The molecule has 0 unspecified atom stereocenters. The van der Waals surface area contributed by atoms with E-state index >= 15 is 0 Å². The minimum absolute atomic E-state index is 0.257. The lowest BCUT2D eigenvalue weighted by atomic mass is 10.2. The second kappa shape index (κ2) is 10.7. The second-order valence-corrected chi connectivity index (χ2v) is 9.52. The molecule has 34 heavy (non-hydrogen) atoms. The predicted molar refractivity (Wildman–Crippen MR) is 133 cm³/mol. The van der Waals surface area contributed by atoms with Crippen molar-refractivity contribution < 1.29 is 19.1 Å². The summed E-state index contributed by atoms with van der Waals surface area (Å²) < 4.78 is 10.8. The lowest BCUT2D eigenvalue weighted by Gasteiger charge is -2.09. The first-order valence-electron chi connectivity index (χ1n) is 10.7. The molecule has 0 atom stereocenters. The topological polar surface area (TPSA) is 52.6 Å². The standard InChI is InChI=1S/C29H23O4S/c1-21(2)28(30)33-24-11-9-10-22(20-24)29(31)32-23-16-18-27(19-17-23)34(25-12-5-3-6-13-25)26-14-7-4-8-15-26/h3-20H,1H2,2H3/q+1. The van der Waals surface area contributed by atoms with Gasteiger partial charge in [0.1, 0.15) is 11.5 Å². The molecule has 0 amide bonds. The number of rotatable bonds is 7. The van der Waals surface area contributed by atoms with Crippen molar-refractivity contribution in [3.05, 3.63) is 127 Å². The number of carbonyl (C=O) groups is 2. The Kier molecular flexibility index (Phi) is 7.25. The molecule has 0 N–H and O–H groups in total. The fourth-order valence-corrected chi connectivity index (χ4v) is 5.30. The van der Waals surface area contributed by atoms with Crippen LogP contribution in [-0.2, 0) is 15.7 Å². The third-order valence-corrected chi connectivity index (χ3v) is 7.09. The molecule has 0 aliphatic heterocycles. The van der Waals surface area contributed by atoms with Crippen LogP contribution in [-0.4, -0.2) is 11.9 Å². The molecule has 168 valence electrons. The first-order valence-corrected chi connectivity index (χ1v) is 11.9. The minimum atomic E-state index is -0.548. The largest absolute Gasteiger partial charge is 0.423 e. The van der Waals surface area contributed by atoms with Gasteiger partial charge in [0.2, 0.25) is 0 Å². The summed E-state index contributed by atoms with van der Waals surface area (Å²) in [6.45, 7) is 5.12. The van der Waals surface area contributed by atoms with Crippen molar-refractivity contribution in [1.29, 1.82) is 0 Å². The van der Waals surface area contributed by atoms with E-state index in [1.165, 1.54) is 15.9 Å². The molecule has 0 radical (unpaired) electrons. The maximum atomic E-state index is 12.7. The van der Waals surface area contributed by atoms with Gasteiger partial charge >= 0.3 is 11.9 Å². The Morgan fingerprint density at radius 2 is 1.21 bits per heavy atom. The van der Waals surface area contributed by atoms with Gasteiger partial charge in [0.25, 0.3) is 0 Å². The number of esters is 2. The first kappa shape index (κ1) is 23.1. The molecule has 0 spiro atoms. The first-order chi connectivity index (χ1) is 16.5. The van der Waals surface area contributed by atoms with Crippen LogP contribution in [0.3, 0.4) is 0 Å². The molecule has 0 bridgehead atoms. The third kappa shape index (κ3) is 5.63. The van der Waals surface area contributed by atoms with Crippen molar-refractivity contribution in [3.63, 3.8) is 0 Å². The van der Waals surface area contributed by atoms with Crippen LogP contribution in [0.25, 0.3) is 0 Å². The molecule has 0 aliphatic carbocycles. The molecule has 4 rings (SSSR count). The van der Waals surface area contributed by atoms with E-state index < -0.39 is 11.9 Å². The van der Waals surface area contributed by atoms with Crippen LogP contribution >= 0.6 is 0 Å². The summed E-state index contributed by atoms with van der Waals surface area (Å²) in [5.41, 5.74) is 0.558. The van der Waals surface area contributed by atoms with Gasteiger partial charge in [-0.2, -0.15) is 0 Å². The summed E-state index contributed by atoms with van der Waals surface area (Å²) in [5.74, 6) is -0.394. The van der Waals surface area contributed by atoms with Gasteiger partial charge in [0, 0.05) is 5.57 Å². The van der Waals surface area contributed by atoms with Crippen LogP contribution in [0.4, 0.5) is 0 Å². The Labute approximate surface area is 201 Å². The minimum Gasteiger partial charge on any atom is -0.423 e. The highest BCUT2D eigenvalue weighted by molar-refractivity contribution is 7.97. The van der Waals surface area contributed by atoms with Crippen molar-refractivity contribution in [2.24, 2.45) is 0 Å². The normalized spacial score (nSPS) is 10.5. The van der Waals surface area contributed by atoms with Crippen LogP contribution in [0, 0.1) is 0 Å². The van der Waals surface area contributed by atoms with Gasteiger partial charge in [0.05, 0.1) is 16.5 Å². The van der Waals surface area contributed by atoms with Crippen molar-refractivity contribution >= 4 is 22.8 Å². The molecule has 4 nitrogen and oxygen atoms in total. The SMILES string of the molecule is C=C(C)C(=O)Oc1cccc(C(=O)Oc2ccc([S+](c3ccccc3)c3ccccc3)cc2)c1. The van der Waals surface area contributed by atoms with E-state index in [0.29, 0.717) is 5.75 Å². The Hall–Kier alpha value is -4.09. The van der Waals surface area contributed by atoms with E-state index in [9.17, 15) is 9.59 Å². The zero-order chi connectivity index (χ0) is 23.9. The Balaban J connectivity index is 1.53. The Morgan fingerprint density at radius 1 is 0.647 bits per heavy atom. The monoisotopic (exact) mass is 467 g/mol. The van der Waals surface area contributed by atoms with Gasteiger partial charge in [-0.15, -0.1) is 0 Å². The van der Waals surface area contributed by atoms with Crippen LogP contribution in [0.5, 0.6) is 11.5 Å². The number of benzene rings is 4. The quantitative estimate of drug-likeness (QED) is 0.135. The number of carbonyl (C=O) groups excluding carboxylic acids is 2. The summed E-state index contributed by atoms with van der Waals surface area (Å²) in [4.78, 5) is 27.9. The van der Waals surface area contributed by atoms with Crippen LogP contribution in [0.15, 0.2) is 136 Å². The fourth-order valence-electron chi connectivity index (χ4n) is 3.21. The van der Waals surface area contributed by atoms with Crippen LogP contribution in [0.2, 0.25) is 0 Å². The van der Waals surface area contributed by atoms with Gasteiger partial charge in [0.15, 0.2) is 14.7 Å². The maximum Gasteiger partial charge on any atom is 0.343 e. The average molecular weight is 468 g/mol. The molecule has 0 fully saturated rings. The fraction of sp³-hybridized carbons (Fsp3) is 0.0345. The summed E-state index contributed by atoms with van der Waals surface area (Å²) in [7, 11) is -0.280. The van der Waals surface area contributed by atoms with Gasteiger partial charge in [-0.25, -0.2) is 9.59 Å².